The van der Waals surface area contributed by atoms with Crippen molar-refractivity contribution < 1.29 is 17.5 Å². The van der Waals surface area contributed by atoms with Gasteiger partial charge in [0.2, 0.25) is 10.0 Å². The maximum atomic E-state index is 13.6. The van der Waals surface area contributed by atoms with Gasteiger partial charge in [0.1, 0.15) is 10.8 Å². The number of hydrogen-bond acceptors (Lipinski definition) is 4. The Morgan fingerprint density at radius 2 is 2.22 bits per heavy atom. The quantitative estimate of drug-likeness (QED) is 0.760. The van der Waals surface area contributed by atoms with E-state index in [2.05, 4.69) is 21.7 Å². The van der Waals surface area contributed by atoms with Gasteiger partial charge in [-0.2, -0.15) is 0 Å². The zero-order valence-corrected chi connectivity index (χ0v) is 11.3. The zero-order valence-electron chi connectivity index (χ0n) is 9.64. The SMILES string of the molecule is COCCS(=O)(=O)Nc1ccc(C(N)=S)cc1F. The Balaban J connectivity index is 2.89. The Hall–Kier alpha value is -1.25. The number of thiocarbonyl (C=S) groups is 1. The number of halogens is 1. The van der Waals surface area contributed by atoms with Gasteiger partial charge in [0.25, 0.3) is 0 Å². The number of benzene rings is 1. The van der Waals surface area contributed by atoms with Gasteiger partial charge in [-0.25, -0.2) is 12.8 Å². The van der Waals surface area contributed by atoms with E-state index in [4.69, 9.17) is 5.73 Å². The predicted molar refractivity (Wildman–Crippen MR) is 71.6 cm³/mol. The van der Waals surface area contributed by atoms with E-state index in [0.717, 1.165) is 6.07 Å². The second kappa shape index (κ2) is 6.07. The van der Waals surface area contributed by atoms with Crippen LogP contribution in [0.1, 0.15) is 5.56 Å². The highest BCUT2D eigenvalue weighted by atomic mass is 32.2. The van der Waals surface area contributed by atoms with Crippen LogP contribution in [0.2, 0.25) is 0 Å². The van der Waals surface area contributed by atoms with Crippen LogP contribution >= 0.6 is 12.2 Å². The number of rotatable bonds is 6. The molecule has 0 unspecified atom stereocenters. The Morgan fingerprint density at radius 3 is 2.72 bits per heavy atom. The number of ether oxygens (including phenoxy) is 1. The Kier molecular flexibility index (Phi) is 5.00. The largest absolute Gasteiger partial charge is 0.389 e. The summed E-state index contributed by atoms with van der Waals surface area (Å²) in [5.74, 6) is -0.985. The molecule has 0 aromatic heterocycles. The van der Waals surface area contributed by atoms with Crippen molar-refractivity contribution in [2.24, 2.45) is 5.73 Å². The average Bonchev–Trinajstić information content (AvgIpc) is 2.29. The number of methoxy groups -OCH3 is 1. The van der Waals surface area contributed by atoms with Crippen LogP contribution < -0.4 is 10.5 Å². The molecule has 18 heavy (non-hydrogen) atoms. The molecule has 100 valence electrons. The fourth-order valence-electron chi connectivity index (χ4n) is 1.16. The molecule has 0 aliphatic rings. The molecule has 0 amide bonds. The molecule has 0 spiro atoms. The molecular weight excluding hydrogens is 279 g/mol. The van der Waals surface area contributed by atoms with Gasteiger partial charge >= 0.3 is 0 Å². The fraction of sp³-hybridized carbons (Fsp3) is 0.300. The van der Waals surface area contributed by atoms with Gasteiger partial charge in [-0.05, 0) is 18.2 Å². The molecule has 0 atom stereocenters. The standard InChI is InChI=1S/C10H13FN2O3S2/c1-16-4-5-18(14,15)13-9-3-2-7(10(12)17)6-8(9)11/h2-3,6,13H,4-5H2,1H3,(H2,12,17). The first kappa shape index (κ1) is 14.8. The lowest BCUT2D eigenvalue weighted by atomic mass is 10.2. The van der Waals surface area contributed by atoms with Gasteiger partial charge in [-0.3, -0.25) is 4.72 Å². The van der Waals surface area contributed by atoms with E-state index in [1.54, 1.807) is 0 Å². The van der Waals surface area contributed by atoms with Crippen LogP contribution in [-0.4, -0.2) is 32.9 Å². The molecule has 8 heteroatoms. The Bertz CT molecular complexity index is 546. The molecule has 0 saturated heterocycles. The molecule has 0 saturated carbocycles. The molecular formula is C10H13FN2O3S2. The van der Waals surface area contributed by atoms with E-state index in [0.29, 0.717) is 5.56 Å². The summed E-state index contributed by atoms with van der Waals surface area (Å²) >= 11 is 4.69. The Labute approximate surface area is 110 Å². The highest BCUT2D eigenvalue weighted by Gasteiger charge is 2.13. The third kappa shape index (κ3) is 4.21. The maximum absolute atomic E-state index is 13.6. The number of hydrogen-bond donors (Lipinski definition) is 2. The second-order valence-corrected chi connectivity index (χ2v) is 5.75. The van der Waals surface area contributed by atoms with E-state index in [9.17, 15) is 12.8 Å². The van der Waals surface area contributed by atoms with Crippen LogP contribution in [0.25, 0.3) is 0 Å². The van der Waals surface area contributed by atoms with E-state index < -0.39 is 15.8 Å². The molecule has 5 nitrogen and oxygen atoms in total. The van der Waals surface area contributed by atoms with Crippen molar-refractivity contribution in [3.8, 4) is 0 Å². The topological polar surface area (TPSA) is 81.4 Å². The number of anilines is 1. The minimum absolute atomic E-state index is 0.0297. The molecule has 0 aliphatic heterocycles. The van der Waals surface area contributed by atoms with E-state index in [-0.39, 0.29) is 23.0 Å². The lowest BCUT2D eigenvalue weighted by molar-refractivity contribution is 0.217. The first-order valence-corrected chi connectivity index (χ1v) is 7.00. The van der Waals surface area contributed by atoms with Crippen LogP contribution in [0.3, 0.4) is 0 Å². The van der Waals surface area contributed by atoms with Gasteiger partial charge < -0.3 is 10.5 Å². The van der Waals surface area contributed by atoms with Gasteiger partial charge in [0.05, 0.1) is 18.0 Å². The molecule has 0 bridgehead atoms. The van der Waals surface area contributed by atoms with Crippen molar-refractivity contribution in [1.82, 2.24) is 0 Å². The molecule has 1 aromatic rings. The van der Waals surface area contributed by atoms with Crippen molar-refractivity contribution >= 4 is 32.9 Å². The average molecular weight is 292 g/mol. The van der Waals surface area contributed by atoms with Crippen molar-refractivity contribution in [2.75, 3.05) is 24.2 Å². The molecule has 0 aliphatic carbocycles. The van der Waals surface area contributed by atoms with E-state index >= 15 is 0 Å². The third-order valence-electron chi connectivity index (χ3n) is 2.08. The van der Waals surface area contributed by atoms with Crippen LogP contribution in [0.5, 0.6) is 0 Å². The summed E-state index contributed by atoms with van der Waals surface area (Å²) in [6, 6.07) is 3.80. The third-order valence-corrected chi connectivity index (χ3v) is 3.55. The first-order chi connectivity index (χ1) is 8.35. The minimum Gasteiger partial charge on any atom is -0.389 e. The van der Waals surface area contributed by atoms with E-state index in [1.807, 2.05) is 0 Å². The van der Waals surface area contributed by atoms with Gasteiger partial charge in [0.15, 0.2) is 0 Å². The normalized spacial score (nSPS) is 11.2. The Morgan fingerprint density at radius 1 is 1.56 bits per heavy atom. The van der Waals surface area contributed by atoms with Gasteiger partial charge in [-0.1, -0.05) is 12.2 Å². The highest BCUT2D eigenvalue weighted by molar-refractivity contribution is 7.92. The summed E-state index contributed by atoms with van der Waals surface area (Å²) in [6.45, 7) is 0.0297. The number of nitrogens with two attached hydrogens (primary N) is 1. The predicted octanol–water partition coefficient (Wildman–Crippen LogP) is 0.848. The molecule has 1 rings (SSSR count). The summed E-state index contributed by atoms with van der Waals surface area (Å²) in [4.78, 5) is 0.0442. The van der Waals surface area contributed by atoms with Crippen molar-refractivity contribution in [3.05, 3.63) is 29.6 Å². The smallest absolute Gasteiger partial charge is 0.235 e. The maximum Gasteiger partial charge on any atom is 0.235 e. The van der Waals surface area contributed by atoms with Crippen molar-refractivity contribution in [1.29, 1.82) is 0 Å². The lowest BCUT2D eigenvalue weighted by Crippen LogP contribution is -2.20. The van der Waals surface area contributed by atoms with Crippen LogP contribution in [0.15, 0.2) is 18.2 Å². The summed E-state index contributed by atoms with van der Waals surface area (Å²) in [5, 5.41) is 0. The van der Waals surface area contributed by atoms with Crippen LogP contribution in [0, 0.1) is 5.82 Å². The highest BCUT2D eigenvalue weighted by Crippen LogP contribution is 2.17. The molecule has 3 N–H and O–H groups in total. The van der Waals surface area contributed by atoms with E-state index in [1.165, 1.54) is 19.2 Å². The summed E-state index contributed by atoms with van der Waals surface area (Å²) < 4.78 is 43.4. The summed E-state index contributed by atoms with van der Waals surface area (Å²) in [6.07, 6.45) is 0. The minimum atomic E-state index is -3.63. The molecule has 0 fully saturated rings. The molecule has 0 radical (unpaired) electrons. The number of sulfonamides is 1. The first-order valence-electron chi connectivity index (χ1n) is 4.94. The molecule has 0 heterocycles. The fourth-order valence-corrected chi connectivity index (χ4v) is 2.28. The van der Waals surface area contributed by atoms with Crippen molar-refractivity contribution in [3.63, 3.8) is 0 Å². The lowest BCUT2D eigenvalue weighted by Gasteiger charge is -2.09. The van der Waals surface area contributed by atoms with Gasteiger partial charge in [0, 0.05) is 12.7 Å². The van der Waals surface area contributed by atoms with Crippen LogP contribution in [0.4, 0.5) is 10.1 Å². The zero-order chi connectivity index (χ0) is 13.8. The van der Waals surface area contributed by atoms with Crippen molar-refractivity contribution in [2.45, 2.75) is 0 Å². The molecule has 1 aromatic carbocycles. The van der Waals surface area contributed by atoms with Crippen LogP contribution in [-0.2, 0) is 14.8 Å². The second-order valence-electron chi connectivity index (χ2n) is 3.47. The summed E-state index contributed by atoms with van der Waals surface area (Å²) in [7, 11) is -2.25. The number of nitrogens with one attached hydrogen (secondary N) is 1. The monoisotopic (exact) mass is 292 g/mol. The van der Waals surface area contributed by atoms with Gasteiger partial charge in [-0.15, -0.1) is 0 Å². The summed E-state index contributed by atoms with van der Waals surface area (Å²) in [5.41, 5.74) is 5.52.